The Morgan fingerprint density at radius 3 is 2.03 bits per heavy atom. The van der Waals surface area contributed by atoms with Gasteiger partial charge in [0.2, 0.25) is 5.91 Å². The summed E-state index contributed by atoms with van der Waals surface area (Å²) in [6, 6.07) is 13.6. The van der Waals surface area contributed by atoms with Gasteiger partial charge in [-0.2, -0.15) is 0 Å². The molecule has 4 unspecified atom stereocenters. The number of hydrogen-bond acceptors (Lipinski definition) is 5. The smallest absolute Gasteiger partial charge is 0.251 e. The molecule has 0 saturated carbocycles. The quantitative estimate of drug-likeness (QED) is 0.517. The zero-order chi connectivity index (χ0) is 27.8. The fourth-order valence-electron chi connectivity index (χ4n) is 5.33. The molecule has 0 aromatic heterocycles. The molecule has 2 aliphatic heterocycles. The molecule has 2 N–H and O–H groups in total. The Morgan fingerprint density at radius 2 is 1.58 bits per heavy atom. The van der Waals surface area contributed by atoms with Crippen LogP contribution in [0.15, 0.2) is 48.5 Å². The summed E-state index contributed by atoms with van der Waals surface area (Å²) in [5.74, 6) is -0.785. The third kappa shape index (κ3) is 5.73. The van der Waals surface area contributed by atoms with Crippen LogP contribution in [0, 0.1) is 5.92 Å². The number of likely N-dealkylation sites (tertiary alicyclic amines) is 1. The molecule has 2 amide bonds. The molecule has 4 atom stereocenters. The molecular formula is C31H39N3O4. The molecular weight excluding hydrogens is 478 g/mol. The van der Waals surface area contributed by atoms with E-state index in [2.05, 4.69) is 55.7 Å². The Kier molecular flexibility index (Phi) is 7.88. The van der Waals surface area contributed by atoms with Gasteiger partial charge in [0.15, 0.2) is 11.6 Å². The van der Waals surface area contributed by atoms with Crippen LogP contribution in [0.1, 0.15) is 70.3 Å². The lowest BCUT2D eigenvalue weighted by atomic mass is 9.86. The summed E-state index contributed by atoms with van der Waals surface area (Å²) < 4.78 is 0. The highest BCUT2D eigenvalue weighted by molar-refractivity contribution is 6.01. The van der Waals surface area contributed by atoms with E-state index >= 15 is 0 Å². The molecule has 1 aromatic rings. The van der Waals surface area contributed by atoms with Crippen molar-refractivity contribution in [2.45, 2.75) is 84.0 Å². The van der Waals surface area contributed by atoms with Crippen LogP contribution in [-0.4, -0.2) is 59.0 Å². The van der Waals surface area contributed by atoms with Crippen molar-refractivity contribution in [3.8, 4) is 11.1 Å². The molecule has 5 rings (SSSR count). The SMILES string of the molecule is CC(=O)C1CC2NCC(=O)C2N1C(=O)C(CC(C)C)NC(=O)c1ccc(C(C)(C)C)cc1.c1cc2ccc1-2. The molecule has 202 valence electrons. The molecule has 4 aliphatic rings. The molecule has 0 bridgehead atoms. The second kappa shape index (κ2) is 10.8. The first-order valence-electron chi connectivity index (χ1n) is 13.5. The van der Waals surface area contributed by atoms with Crippen LogP contribution in [0.2, 0.25) is 0 Å². The molecule has 1 aromatic carbocycles. The predicted molar refractivity (Wildman–Crippen MR) is 148 cm³/mol. The fourth-order valence-corrected chi connectivity index (χ4v) is 5.33. The number of amides is 2. The molecule has 2 aliphatic carbocycles. The largest absolute Gasteiger partial charge is 0.340 e. The second-order valence-corrected chi connectivity index (χ2v) is 12.1. The molecule has 38 heavy (non-hydrogen) atoms. The summed E-state index contributed by atoms with van der Waals surface area (Å²) in [7, 11) is 0. The number of fused-ring (bicyclic) bond motifs is 2. The zero-order valence-corrected chi connectivity index (χ0v) is 23.2. The van der Waals surface area contributed by atoms with Crippen LogP contribution in [0.25, 0.3) is 11.1 Å². The van der Waals surface area contributed by atoms with E-state index in [9.17, 15) is 19.2 Å². The van der Waals surface area contributed by atoms with E-state index in [-0.39, 0.29) is 47.3 Å². The molecule has 0 radical (unpaired) electrons. The highest BCUT2D eigenvalue weighted by Crippen LogP contribution is 2.31. The number of Topliss-reactive ketones (excluding diaryl/α,β-unsaturated/α-hetero) is 2. The first-order chi connectivity index (χ1) is 17.9. The minimum absolute atomic E-state index is 0.0268. The number of carbonyl (C=O) groups is 4. The fraction of sp³-hybridized carbons (Fsp3) is 0.484. The summed E-state index contributed by atoms with van der Waals surface area (Å²) in [5.41, 5.74) is 4.41. The molecule has 7 heteroatoms. The Hall–Kier alpha value is -3.32. The summed E-state index contributed by atoms with van der Waals surface area (Å²) in [6.45, 7) is 11.9. The number of ketones is 2. The predicted octanol–water partition coefficient (Wildman–Crippen LogP) is 3.90. The van der Waals surface area contributed by atoms with Crippen LogP contribution in [0.5, 0.6) is 0 Å². The van der Waals surface area contributed by atoms with Gasteiger partial charge in [-0.3, -0.25) is 19.2 Å². The van der Waals surface area contributed by atoms with Gasteiger partial charge in [-0.1, -0.05) is 71.0 Å². The van der Waals surface area contributed by atoms with Gasteiger partial charge in [0.05, 0.1) is 12.6 Å². The maximum Gasteiger partial charge on any atom is 0.251 e. The van der Waals surface area contributed by atoms with Crippen LogP contribution in [-0.2, 0) is 19.8 Å². The third-order valence-corrected chi connectivity index (χ3v) is 7.63. The van der Waals surface area contributed by atoms with Gasteiger partial charge in [-0.05, 0) is 59.9 Å². The van der Waals surface area contributed by atoms with Crippen LogP contribution in [0.4, 0.5) is 0 Å². The van der Waals surface area contributed by atoms with Gasteiger partial charge in [-0.15, -0.1) is 0 Å². The van der Waals surface area contributed by atoms with Crippen molar-refractivity contribution in [3.63, 3.8) is 0 Å². The second-order valence-electron chi connectivity index (χ2n) is 12.1. The monoisotopic (exact) mass is 517 g/mol. The van der Waals surface area contributed by atoms with Crippen molar-refractivity contribution in [2.75, 3.05) is 6.54 Å². The van der Waals surface area contributed by atoms with Gasteiger partial charge in [-0.25, -0.2) is 0 Å². The topological polar surface area (TPSA) is 95.6 Å². The van der Waals surface area contributed by atoms with Gasteiger partial charge < -0.3 is 15.5 Å². The van der Waals surface area contributed by atoms with Crippen molar-refractivity contribution < 1.29 is 19.2 Å². The van der Waals surface area contributed by atoms with Crippen LogP contribution < -0.4 is 10.6 Å². The number of carbonyl (C=O) groups excluding carboxylic acids is 4. The van der Waals surface area contributed by atoms with Gasteiger partial charge in [0.1, 0.15) is 12.1 Å². The van der Waals surface area contributed by atoms with Crippen molar-refractivity contribution in [2.24, 2.45) is 5.92 Å². The summed E-state index contributed by atoms with van der Waals surface area (Å²) in [5, 5.41) is 6.00. The molecule has 2 fully saturated rings. The maximum atomic E-state index is 13.6. The maximum absolute atomic E-state index is 13.6. The molecule has 7 nitrogen and oxygen atoms in total. The van der Waals surface area contributed by atoms with Crippen molar-refractivity contribution >= 4 is 23.4 Å². The van der Waals surface area contributed by atoms with E-state index < -0.39 is 18.1 Å². The van der Waals surface area contributed by atoms with E-state index in [1.807, 2.05) is 26.0 Å². The first kappa shape index (κ1) is 27.7. The average Bonchev–Trinajstić information content (AvgIpc) is 3.40. The van der Waals surface area contributed by atoms with Crippen molar-refractivity contribution in [1.82, 2.24) is 15.5 Å². The van der Waals surface area contributed by atoms with E-state index in [0.717, 1.165) is 5.56 Å². The third-order valence-electron chi connectivity index (χ3n) is 7.63. The van der Waals surface area contributed by atoms with Gasteiger partial charge in [0, 0.05) is 11.6 Å². The van der Waals surface area contributed by atoms with Crippen LogP contribution in [0.3, 0.4) is 0 Å². The van der Waals surface area contributed by atoms with Gasteiger partial charge >= 0.3 is 0 Å². The van der Waals surface area contributed by atoms with Gasteiger partial charge in [0.25, 0.3) is 5.91 Å². The minimum Gasteiger partial charge on any atom is -0.340 e. The number of nitrogens with zero attached hydrogens (tertiary/aromatic N) is 1. The Bertz CT molecular complexity index is 1190. The molecule has 2 heterocycles. The Labute approximate surface area is 225 Å². The summed E-state index contributed by atoms with van der Waals surface area (Å²) >= 11 is 0. The Balaban J connectivity index is 0.000000483. The Morgan fingerprint density at radius 1 is 1.00 bits per heavy atom. The lowest BCUT2D eigenvalue weighted by Crippen LogP contribution is -2.56. The van der Waals surface area contributed by atoms with E-state index in [1.54, 1.807) is 12.1 Å². The normalized spacial score (nSPS) is 21.9. The number of nitrogens with one attached hydrogen (secondary N) is 2. The number of rotatable bonds is 6. The number of hydrogen-bond donors (Lipinski definition) is 2. The van der Waals surface area contributed by atoms with Crippen molar-refractivity contribution in [1.29, 1.82) is 0 Å². The molecule has 2 saturated heterocycles. The minimum atomic E-state index is -0.807. The van der Waals surface area contributed by atoms with E-state index in [0.29, 0.717) is 18.4 Å². The first-order valence-corrected chi connectivity index (χ1v) is 13.5. The van der Waals surface area contributed by atoms with E-state index in [1.165, 1.54) is 23.0 Å². The lowest BCUT2D eigenvalue weighted by Gasteiger charge is -2.32. The van der Waals surface area contributed by atoms with E-state index in [4.69, 9.17) is 0 Å². The number of benzene rings is 2. The summed E-state index contributed by atoms with van der Waals surface area (Å²) in [4.78, 5) is 52.8. The highest BCUT2D eigenvalue weighted by Gasteiger charge is 2.52. The summed E-state index contributed by atoms with van der Waals surface area (Å²) in [6.07, 6.45) is 0.846. The highest BCUT2D eigenvalue weighted by atomic mass is 16.2. The lowest BCUT2D eigenvalue weighted by molar-refractivity contribution is -0.143. The van der Waals surface area contributed by atoms with Crippen molar-refractivity contribution in [3.05, 3.63) is 59.7 Å². The standard InChI is InChI=1S/C25H35N3O4.C6H4/c1-14(2)11-19(27-23(31)16-7-9-17(10-8-16)25(4,5)6)24(32)28-20(15(3)29)12-18-22(28)21(30)13-26-18;1-2-6-4-3-5(1)6/h7-10,14,18-20,22,26H,11-13H2,1-6H3,(H,27,31);1-4H. The average molecular weight is 518 g/mol. The zero-order valence-electron chi connectivity index (χ0n) is 23.2. The molecule has 0 spiro atoms. The van der Waals surface area contributed by atoms with Crippen LogP contribution >= 0.6 is 0 Å².